The third-order valence-electron chi connectivity index (χ3n) is 2.16. The van der Waals surface area contributed by atoms with Gasteiger partial charge in [0.15, 0.2) is 0 Å². The standard InChI is InChI=1S/C11H8F3NOS/c12-11(13,14)8-3-1-2-7(4-8)9-5-15-10(6-16)17-9/h1-5,16H,6H2. The van der Waals surface area contributed by atoms with Crippen LogP contribution in [-0.4, -0.2) is 10.1 Å². The van der Waals surface area contributed by atoms with Gasteiger partial charge in [0, 0.05) is 6.20 Å². The second-order valence-electron chi connectivity index (χ2n) is 3.35. The maximum absolute atomic E-state index is 12.5. The quantitative estimate of drug-likeness (QED) is 0.897. The van der Waals surface area contributed by atoms with Crippen LogP contribution < -0.4 is 0 Å². The predicted molar refractivity (Wildman–Crippen MR) is 58.5 cm³/mol. The predicted octanol–water partition coefficient (Wildman–Crippen LogP) is 3.32. The molecule has 0 aliphatic rings. The lowest BCUT2D eigenvalue weighted by atomic mass is 10.1. The van der Waals surface area contributed by atoms with Gasteiger partial charge in [-0.3, -0.25) is 0 Å². The molecule has 0 amide bonds. The van der Waals surface area contributed by atoms with E-state index in [0.29, 0.717) is 15.4 Å². The van der Waals surface area contributed by atoms with Crippen molar-refractivity contribution in [3.63, 3.8) is 0 Å². The maximum Gasteiger partial charge on any atom is 0.416 e. The van der Waals surface area contributed by atoms with Gasteiger partial charge in [0.1, 0.15) is 5.01 Å². The van der Waals surface area contributed by atoms with Crippen molar-refractivity contribution >= 4 is 11.3 Å². The number of hydrogen-bond donors (Lipinski definition) is 1. The number of rotatable bonds is 2. The molecule has 0 unspecified atom stereocenters. The average molecular weight is 259 g/mol. The Morgan fingerprint density at radius 3 is 2.65 bits per heavy atom. The molecule has 0 fully saturated rings. The summed E-state index contributed by atoms with van der Waals surface area (Å²) in [6.45, 7) is -0.205. The molecule has 0 atom stereocenters. The molecule has 0 aliphatic carbocycles. The molecular weight excluding hydrogens is 251 g/mol. The smallest absolute Gasteiger partial charge is 0.389 e. The zero-order valence-electron chi connectivity index (χ0n) is 8.53. The monoisotopic (exact) mass is 259 g/mol. The van der Waals surface area contributed by atoms with Gasteiger partial charge in [-0.1, -0.05) is 12.1 Å². The van der Waals surface area contributed by atoms with Crippen LogP contribution in [0.5, 0.6) is 0 Å². The highest BCUT2D eigenvalue weighted by Gasteiger charge is 2.30. The second kappa shape index (κ2) is 4.46. The summed E-state index contributed by atoms with van der Waals surface area (Å²) < 4.78 is 37.5. The summed E-state index contributed by atoms with van der Waals surface area (Å²) in [5, 5.41) is 9.33. The summed E-state index contributed by atoms with van der Waals surface area (Å²) in [6, 6.07) is 5.05. The SMILES string of the molecule is OCc1ncc(-c2cccc(C(F)(F)F)c2)s1. The molecular formula is C11H8F3NOS. The third kappa shape index (κ3) is 2.65. The lowest BCUT2D eigenvalue weighted by Crippen LogP contribution is -2.04. The van der Waals surface area contributed by atoms with E-state index in [9.17, 15) is 13.2 Å². The number of benzene rings is 1. The highest BCUT2D eigenvalue weighted by molar-refractivity contribution is 7.15. The molecule has 90 valence electrons. The van der Waals surface area contributed by atoms with Crippen molar-refractivity contribution in [2.24, 2.45) is 0 Å². The molecule has 2 nitrogen and oxygen atoms in total. The highest BCUT2D eigenvalue weighted by atomic mass is 32.1. The fourth-order valence-corrected chi connectivity index (χ4v) is 2.14. The molecule has 0 spiro atoms. The van der Waals surface area contributed by atoms with Crippen LogP contribution in [-0.2, 0) is 12.8 Å². The maximum atomic E-state index is 12.5. The van der Waals surface area contributed by atoms with Crippen LogP contribution in [0.4, 0.5) is 13.2 Å². The van der Waals surface area contributed by atoms with Crippen molar-refractivity contribution in [2.45, 2.75) is 12.8 Å². The van der Waals surface area contributed by atoms with E-state index in [-0.39, 0.29) is 6.61 Å². The molecule has 1 aromatic carbocycles. The highest BCUT2D eigenvalue weighted by Crippen LogP contribution is 2.33. The molecule has 2 rings (SSSR count). The zero-order chi connectivity index (χ0) is 12.5. The molecule has 6 heteroatoms. The molecule has 1 aromatic heterocycles. The number of aliphatic hydroxyl groups excluding tert-OH is 1. The minimum atomic E-state index is -4.35. The molecule has 0 aliphatic heterocycles. The van der Waals surface area contributed by atoms with Gasteiger partial charge in [0.2, 0.25) is 0 Å². The molecule has 0 saturated heterocycles. The van der Waals surface area contributed by atoms with Crippen LogP contribution in [0, 0.1) is 0 Å². The number of thiazole rings is 1. The van der Waals surface area contributed by atoms with Crippen molar-refractivity contribution < 1.29 is 18.3 Å². The first-order valence-electron chi connectivity index (χ1n) is 4.74. The van der Waals surface area contributed by atoms with Crippen molar-refractivity contribution in [3.05, 3.63) is 41.0 Å². The molecule has 2 aromatic rings. The summed E-state index contributed by atoms with van der Waals surface area (Å²) in [6.07, 6.45) is -2.88. The average Bonchev–Trinajstić information content (AvgIpc) is 2.76. The molecule has 0 saturated carbocycles. The van der Waals surface area contributed by atoms with E-state index in [1.165, 1.54) is 23.6 Å². The van der Waals surface area contributed by atoms with Crippen LogP contribution >= 0.6 is 11.3 Å². The number of halogens is 3. The van der Waals surface area contributed by atoms with Gasteiger partial charge >= 0.3 is 6.18 Å². The van der Waals surface area contributed by atoms with Crippen molar-refractivity contribution in [1.29, 1.82) is 0 Å². The summed E-state index contributed by atoms with van der Waals surface area (Å²) in [5.74, 6) is 0. The Hall–Kier alpha value is -1.40. The van der Waals surface area contributed by atoms with Gasteiger partial charge in [-0.05, 0) is 17.7 Å². The molecule has 0 bridgehead atoms. The molecule has 1 heterocycles. The number of hydrogen-bond acceptors (Lipinski definition) is 3. The number of alkyl halides is 3. The van der Waals surface area contributed by atoms with E-state index in [0.717, 1.165) is 12.1 Å². The van der Waals surface area contributed by atoms with Gasteiger partial charge in [0.05, 0.1) is 17.0 Å². The summed E-state index contributed by atoms with van der Waals surface area (Å²) >= 11 is 1.18. The number of aromatic nitrogens is 1. The minimum absolute atomic E-state index is 0.205. The van der Waals surface area contributed by atoms with Crippen molar-refractivity contribution in [2.75, 3.05) is 0 Å². The fraction of sp³-hybridized carbons (Fsp3) is 0.182. The van der Waals surface area contributed by atoms with E-state index in [4.69, 9.17) is 5.11 Å². The second-order valence-corrected chi connectivity index (χ2v) is 4.47. The Bertz CT molecular complexity index is 521. The van der Waals surface area contributed by atoms with E-state index >= 15 is 0 Å². The normalized spacial score (nSPS) is 11.8. The van der Waals surface area contributed by atoms with Crippen molar-refractivity contribution in [3.8, 4) is 10.4 Å². The first-order valence-corrected chi connectivity index (χ1v) is 5.55. The summed E-state index contributed by atoms with van der Waals surface area (Å²) in [4.78, 5) is 4.50. The van der Waals surface area contributed by atoms with Crippen LogP contribution in [0.1, 0.15) is 10.6 Å². The number of aliphatic hydroxyl groups is 1. The zero-order valence-corrected chi connectivity index (χ0v) is 9.35. The first kappa shape index (κ1) is 12.1. The van der Waals surface area contributed by atoms with Gasteiger partial charge < -0.3 is 5.11 Å². The van der Waals surface area contributed by atoms with Crippen LogP contribution in [0.3, 0.4) is 0 Å². The minimum Gasteiger partial charge on any atom is -0.389 e. The Morgan fingerprint density at radius 1 is 1.29 bits per heavy atom. The summed E-state index contributed by atoms with van der Waals surface area (Å²) in [5.41, 5.74) is -0.231. The van der Waals surface area contributed by atoms with E-state index in [1.54, 1.807) is 6.07 Å². The molecule has 1 N–H and O–H groups in total. The number of nitrogens with zero attached hydrogens (tertiary/aromatic N) is 1. The van der Waals surface area contributed by atoms with Crippen molar-refractivity contribution in [1.82, 2.24) is 4.98 Å². The Balaban J connectivity index is 2.39. The Kier molecular flexibility index (Phi) is 3.17. The van der Waals surface area contributed by atoms with E-state index in [2.05, 4.69) is 4.98 Å². The van der Waals surface area contributed by atoms with Gasteiger partial charge in [-0.25, -0.2) is 4.98 Å². The Labute approximate surface area is 99.4 Å². The first-order chi connectivity index (χ1) is 8.00. The lowest BCUT2D eigenvalue weighted by molar-refractivity contribution is -0.137. The van der Waals surface area contributed by atoms with Gasteiger partial charge in [-0.15, -0.1) is 11.3 Å². The molecule has 0 radical (unpaired) electrons. The van der Waals surface area contributed by atoms with E-state index in [1.807, 2.05) is 0 Å². The largest absolute Gasteiger partial charge is 0.416 e. The van der Waals surface area contributed by atoms with Crippen LogP contribution in [0.2, 0.25) is 0 Å². The van der Waals surface area contributed by atoms with Crippen LogP contribution in [0.15, 0.2) is 30.5 Å². The van der Waals surface area contributed by atoms with Gasteiger partial charge in [-0.2, -0.15) is 13.2 Å². The fourth-order valence-electron chi connectivity index (χ4n) is 1.37. The topological polar surface area (TPSA) is 33.1 Å². The Morgan fingerprint density at radius 2 is 2.06 bits per heavy atom. The van der Waals surface area contributed by atoms with E-state index < -0.39 is 11.7 Å². The third-order valence-corrected chi connectivity index (χ3v) is 3.19. The molecule has 17 heavy (non-hydrogen) atoms. The lowest BCUT2D eigenvalue weighted by Gasteiger charge is -2.07. The summed E-state index contributed by atoms with van der Waals surface area (Å²) in [7, 11) is 0. The van der Waals surface area contributed by atoms with Gasteiger partial charge in [0.25, 0.3) is 0 Å². The van der Waals surface area contributed by atoms with Crippen LogP contribution in [0.25, 0.3) is 10.4 Å².